The maximum absolute atomic E-state index is 10.5. The molecule has 0 radical (unpaired) electrons. The van der Waals surface area contributed by atoms with Gasteiger partial charge in [-0.25, -0.2) is 0 Å². The number of nitrogens with zero attached hydrogens (tertiary/aromatic N) is 1. The molecule has 2 aliphatic heterocycles. The molecule has 2 aliphatic rings. The van der Waals surface area contributed by atoms with E-state index < -0.39 is 0 Å². The standard InChI is InChI=1S/C49H34BNS2/c1-49(2,3)35-21-22-41-43(28-35)53-45-27-33(26-44-48(45)50(41)40-19-11-12-20-42(40)52-44)32-23-30(29-51)24-34(25-32)47-38-17-9-7-15-36(38)46(31-13-5-4-6-14-31)37-16-8-10-18-39(37)47/h4-28H,1-3H3. The molecule has 0 bridgehead atoms. The van der Waals surface area contributed by atoms with Crippen LogP contribution < -0.4 is 16.4 Å². The smallest absolute Gasteiger partial charge is 0.192 e. The van der Waals surface area contributed by atoms with Gasteiger partial charge in [0.25, 0.3) is 0 Å². The largest absolute Gasteiger partial charge is 0.247 e. The Labute approximate surface area is 319 Å². The zero-order valence-electron chi connectivity index (χ0n) is 29.8. The molecule has 0 saturated heterocycles. The van der Waals surface area contributed by atoms with Crippen LogP contribution in [0.4, 0.5) is 0 Å². The number of benzene rings is 8. The number of hydrogen-bond donors (Lipinski definition) is 0. The number of nitriles is 1. The van der Waals surface area contributed by atoms with Crippen molar-refractivity contribution in [1.82, 2.24) is 0 Å². The van der Waals surface area contributed by atoms with E-state index in [0.717, 1.165) is 22.3 Å². The summed E-state index contributed by atoms with van der Waals surface area (Å²) in [6, 6.07) is 57.9. The van der Waals surface area contributed by atoms with Crippen LogP contribution in [0.5, 0.6) is 0 Å². The van der Waals surface area contributed by atoms with Crippen LogP contribution >= 0.6 is 23.5 Å². The zero-order valence-corrected chi connectivity index (χ0v) is 31.4. The van der Waals surface area contributed by atoms with Gasteiger partial charge in [-0.1, -0.05) is 164 Å². The van der Waals surface area contributed by atoms with E-state index in [1.54, 1.807) is 0 Å². The third-order valence-electron chi connectivity index (χ3n) is 10.9. The molecule has 0 N–H and O–H groups in total. The Hall–Kier alpha value is -5.47. The fourth-order valence-electron chi connectivity index (χ4n) is 8.43. The minimum Gasteiger partial charge on any atom is -0.192 e. The summed E-state index contributed by atoms with van der Waals surface area (Å²) in [7, 11) is 0. The van der Waals surface area contributed by atoms with Crippen molar-refractivity contribution in [2.45, 2.75) is 45.8 Å². The fraction of sp³-hybridized carbons (Fsp3) is 0.0816. The highest BCUT2D eigenvalue weighted by Crippen LogP contribution is 2.46. The van der Waals surface area contributed by atoms with Crippen molar-refractivity contribution in [3.8, 4) is 39.4 Å². The first-order valence-electron chi connectivity index (χ1n) is 18.2. The molecular weight excluding hydrogens is 677 g/mol. The second kappa shape index (κ2) is 12.3. The van der Waals surface area contributed by atoms with Gasteiger partial charge in [0.1, 0.15) is 0 Å². The maximum atomic E-state index is 10.5. The Morgan fingerprint density at radius 3 is 1.64 bits per heavy atom. The molecule has 0 amide bonds. The highest BCUT2D eigenvalue weighted by atomic mass is 32.2. The van der Waals surface area contributed by atoms with Crippen LogP contribution in [0.3, 0.4) is 0 Å². The first kappa shape index (κ1) is 32.2. The molecule has 1 nitrogen and oxygen atoms in total. The normalized spacial score (nSPS) is 13.0. The van der Waals surface area contributed by atoms with Gasteiger partial charge >= 0.3 is 0 Å². The molecule has 53 heavy (non-hydrogen) atoms. The average molecular weight is 712 g/mol. The van der Waals surface area contributed by atoms with Gasteiger partial charge in [-0.2, -0.15) is 5.26 Å². The average Bonchev–Trinajstić information content (AvgIpc) is 3.19. The summed E-state index contributed by atoms with van der Waals surface area (Å²) in [6.45, 7) is 7.07. The molecular formula is C49H34BNS2. The van der Waals surface area contributed by atoms with E-state index in [-0.39, 0.29) is 12.1 Å². The molecule has 0 unspecified atom stereocenters. The fourth-order valence-corrected chi connectivity index (χ4v) is 11.0. The Kier molecular flexibility index (Phi) is 7.48. The lowest BCUT2D eigenvalue weighted by molar-refractivity contribution is 0.589. The third kappa shape index (κ3) is 5.25. The minimum atomic E-state index is 0.0605. The van der Waals surface area contributed by atoms with Crippen molar-refractivity contribution in [3.05, 3.63) is 163 Å². The summed E-state index contributed by atoms with van der Waals surface area (Å²) < 4.78 is 0. The van der Waals surface area contributed by atoms with Crippen molar-refractivity contribution in [1.29, 1.82) is 5.26 Å². The van der Waals surface area contributed by atoms with Gasteiger partial charge in [0.15, 0.2) is 0 Å². The van der Waals surface area contributed by atoms with Gasteiger partial charge in [0.2, 0.25) is 6.71 Å². The second-order valence-electron chi connectivity index (χ2n) is 15.2. The molecule has 0 aromatic heterocycles. The van der Waals surface area contributed by atoms with E-state index in [4.69, 9.17) is 0 Å². The van der Waals surface area contributed by atoms with Crippen molar-refractivity contribution in [2.24, 2.45) is 0 Å². The molecule has 0 fully saturated rings. The van der Waals surface area contributed by atoms with E-state index in [9.17, 15) is 5.26 Å². The van der Waals surface area contributed by atoms with E-state index in [2.05, 4.69) is 178 Å². The van der Waals surface area contributed by atoms with E-state index >= 15 is 0 Å². The second-order valence-corrected chi connectivity index (χ2v) is 17.3. The predicted molar refractivity (Wildman–Crippen MR) is 227 cm³/mol. The van der Waals surface area contributed by atoms with E-state index in [1.165, 1.54) is 74.2 Å². The summed E-state index contributed by atoms with van der Waals surface area (Å²) in [5.74, 6) is 0. The number of hydrogen-bond acceptors (Lipinski definition) is 3. The molecule has 8 aromatic carbocycles. The SMILES string of the molecule is CC(C)(C)c1ccc2c(c1)Sc1cc(-c3cc(C#N)cc(-c4c5ccccc5c(-c5ccccc5)c5ccccc45)c3)cc3c1B2c1ccccc1S3. The highest BCUT2D eigenvalue weighted by Gasteiger charge is 2.38. The van der Waals surface area contributed by atoms with Crippen LogP contribution in [-0.2, 0) is 5.41 Å². The van der Waals surface area contributed by atoms with Crippen LogP contribution in [-0.4, -0.2) is 6.71 Å². The van der Waals surface area contributed by atoms with Crippen LogP contribution in [0.25, 0.3) is 54.9 Å². The van der Waals surface area contributed by atoms with Gasteiger partial charge in [-0.05, 0) is 114 Å². The molecule has 0 spiro atoms. The number of fused-ring (bicyclic) bond motifs is 6. The van der Waals surface area contributed by atoms with E-state index in [1.807, 2.05) is 23.5 Å². The Balaban J connectivity index is 1.20. The van der Waals surface area contributed by atoms with E-state index in [0.29, 0.717) is 5.56 Å². The van der Waals surface area contributed by atoms with Crippen molar-refractivity contribution >= 4 is 68.2 Å². The molecule has 0 saturated carbocycles. The highest BCUT2D eigenvalue weighted by molar-refractivity contribution is 8.01. The van der Waals surface area contributed by atoms with Crippen molar-refractivity contribution < 1.29 is 0 Å². The lowest BCUT2D eigenvalue weighted by Gasteiger charge is -2.34. The predicted octanol–water partition coefficient (Wildman–Crippen LogP) is 11.6. The maximum Gasteiger partial charge on any atom is 0.247 e. The topological polar surface area (TPSA) is 23.8 Å². The van der Waals surface area contributed by atoms with Gasteiger partial charge in [-0.3, -0.25) is 0 Å². The third-order valence-corrected chi connectivity index (χ3v) is 13.2. The lowest BCUT2D eigenvalue weighted by Crippen LogP contribution is -2.58. The minimum absolute atomic E-state index is 0.0605. The summed E-state index contributed by atoms with van der Waals surface area (Å²) in [5.41, 5.74) is 13.1. The van der Waals surface area contributed by atoms with Gasteiger partial charge in [0.05, 0.1) is 11.6 Å². The first-order chi connectivity index (χ1) is 25.9. The summed E-state index contributed by atoms with van der Waals surface area (Å²) in [6.07, 6.45) is 0. The van der Waals surface area contributed by atoms with Gasteiger partial charge in [0, 0.05) is 19.6 Å². The number of rotatable bonds is 3. The Morgan fingerprint density at radius 1 is 0.472 bits per heavy atom. The Bertz CT molecular complexity index is 2790. The summed E-state index contributed by atoms with van der Waals surface area (Å²) in [4.78, 5) is 5.25. The van der Waals surface area contributed by atoms with Gasteiger partial charge < -0.3 is 0 Å². The molecule has 8 aromatic rings. The molecule has 4 heteroatoms. The lowest BCUT2D eigenvalue weighted by atomic mass is 9.36. The monoisotopic (exact) mass is 711 g/mol. The molecule has 2 heterocycles. The van der Waals surface area contributed by atoms with Gasteiger partial charge in [-0.15, -0.1) is 0 Å². The van der Waals surface area contributed by atoms with Crippen LogP contribution in [0.1, 0.15) is 31.9 Å². The van der Waals surface area contributed by atoms with Crippen molar-refractivity contribution in [2.75, 3.05) is 0 Å². The van der Waals surface area contributed by atoms with Crippen molar-refractivity contribution in [3.63, 3.8) is 0 Å². The molecule has 0 atom stereocenters. The molecule has 10 rings (SSSR count). The molecule has 250 valence electrons. The van der Waals surface area contributed by atoms with Crippen LogP contribution in [0.15, 0.2) is 171 Å². The van der Waals surface area contributed by atoms with Crippen LogP contribution in [0.2, 0.25) is 0 Å². The summed E-state index contributed by atoms with van der Waals surface area (Å²) in [5, 5.41) is 15.3. The zero-order chi connectivity index (χ0) is 35.8. The Morgan fingerprint density at radius 2 is 1.00 bits per heavy atom. The summed E-state index contributed by atoms with van der Waals surface area (Å²) >= 11 is 3.77. The molecule has 0 aliphatic carbocycles. The quantitative estimate of drug-likeness (QED) is 0.135. The first-order valence-corrected chi connectivity index (χ1v) is 19.8. The van der Waals surface area contributed by atoms with Crippen LogP contribution in [0, 0.1) is 11.3 Å².